The molecule has 10 nitrogen and oxygen atoms in total. The van der Waals surface area contributed by atoms with Crippen molar-refractivity contribution in [2.24, 2.45) is 17.6 Å². The second-order valence-electron chi connectivity index (χ2n) is 9.89. The highest BCUT2D eigenvalue weighted by Crippen LogP contribution is 2.56. The molecule has 0 aliphatic heterocycles. The lowest BCUT2D eigenvalue weighted by Gasteiger charge is -2.53. The Morgan fingerprint density at radius 3 is 2.24 bits per heavy atom. The molecule has 0 radical (unpaired) electrons. The third-order valence-corrected chi connectivity index (χ3v) is 7.82. The molecule has 6 atom stereocenters. The zero-order valence-electron chi connectivity index (χ0n) is 20.0. The van der Waals surface area contributed by atoms with Gasteiger partial charge < -0.3 is 31.3 Å². The van der Waals surface area contributed by atoms with Crippen molar-refractivity contribution < 1.29 is 39.9 Å². The second-order valence-corrected chi connectivity index (χ2v) is 9.89. The van der Waals surface area contributed by atoms with E-state index in [9.17, 15) is 39.9 Å². The van der Waals surface area contributed by atoms with E-state index < -0.39 is 75.6 Å². The van der Waals surface area contributed by atoms with Gasteiger partial charge in [0, 0.05) is 17.4 Å². The number of hydrogen-bond acceptors (Lipinski definition) is 9. The Hall–Kier alpha value is -3.99. The zero-order valence-corrected chi connectivity index (χ0v) is 20.0. The number of fused-ring (bicyclic) bond motifs is 3. The van der Waals surface area contributed by atoms with Crippen LogP contribution in [0.1, 0.15) is 27.4 Å². The number of carbonyl (C=O) groups excluding carboxylic acids is 3. The summed E-state index contributed by atoms with van der Waals surface area (Å²) in [6, 6.07) is 12.0. The normalized spacial score (nSPS) is 31.2. The zero-order chi connectivity index (χ0) is 27.0. The number of phenolic OH excluding ortho intramolecular Hbond substituents is 1. The molecule has 3 aliphatic carbocycles. The Morgan fingerprint density at radius 2 is 1.65 bits per heavy atom. The van der Waals surface area contributed by atoms with Crippen molar-refractivity contribution >= 4 is 17.5 Å². The van der Waals surface area contributed by atoms with Crippen LogP contribution in [0.4, 0.5) is 0 Å². The van der Waals surface area contributed by atoms with E-state index in [0.29, 0.717) is 11.1 Å². The number of likely N-dealkylation sites (N-methyl/N-ethyl adjacent to an activating group) is 1. The number of ketones is 2. The molecule has 5 rings (SSSR count). The number of hydrogen-bond donors (Lipinski definition) is 6. The van der Waals surface area contributed by atoms with Gasteiger partial charge in [-0.05, 0) is 31.3 Å². The monoisotopic (exact) mass is 506 g/mol. The molecule has 10 heteroatoms. The molecule has 0 aromatic heterocycles. The summed E-state index contributed by atoms with van der Waals surface area (Å²) in [5.41, 5.74) is 1.91. The number of aromatic hydroxyl groups is 1. The number of nitrogens with two attached hydrogens (primary N) is 1. The van der Waals surface area contributed by atoms with Crippen LogP contribution in [0.2, 0.25) is 0 Å². The first-order valence-electron chi connectivity index (χ1n) is 11.6. The molecule has 0 unspecified atom stereocenters. The van der Waals surface area contributed by atoms with Crippen LogP contribution >= 0.6 is 0 Å². The van der Waals surface area contributed by atoms with Gasteiger partial charge in [-0.1, -0.05) is 42.5 Å². The molecule has 37 heavy (non-hydrogen) atoms. The SMILES string of the molecule is CN(C)[C@@H]1C(O)=C(C(N)=O)C(=O)[C@@]2(O)C(O)=C3C(=O)c4c(O)cccc4[C@@H](c4ccccc4)[C@H]3[C@H](O)[C@@H]12. The van der Waals surface area contributed by atoms with Crippen LogP contribution < -0.4 is 5.73 Å². The number of amides is 1. The number of benzene rings is 2. The average Bonchev–Trinajstić information content (AvgIpc) is 2.84. The third kappa shape index (κ3) is 3.13. The van der Waals surface area contributed by atoms with Crippen LogP contribution in [0.3, 0.4) is 0 Å². The summed E-state index contributed by atoms with van der Waals surface area (Å²) >= 11 is 0. The largest absolute Gasteiger partial charge is 0.510 e. The van der Waals surface area contributed by atoms with Crippen LogP contribution in [0.15, 0.2) is 71.2 Å². The number of phenols is 1. The Labute approximate surface area is 211 Å². The van der Waals surface area contributed by atoms with Crippen molar-refractivity contribution in [3.05, 3.63) is 87.9 Å². The van der Waals surface area contributed by atoms with Crippen molar-refractivity contribution in [2.45, 2.75) is 23.7 Å². The fourth-order valence-corrected chi connectivity index (χ4v) is 6.33. The summed E-state index contributed by atoms with van der Waals surface area (Å²) in [7, 11) is 2.99. The first kappa shape index (κ1) is 24.7. The Kier molecular flexibility index (Phi) is 5.52. The highest BCUT2D eigenvalue weighted by atomic mass is 16.4. The van der Waals surface area contributed by atoms with Gasteiger partial charge in [-0.3, -0.25) is 19.3 Å². The summed E-state index contributed by atoms with van der Waals surface area (Å²) in [5, 5.41) is 56.7. The number of nitrogens with zero attached hydrogens (tertiary/aromatic N) is 1. The van der Waals surface area contributed by atoms with Crippen LogP contribution in [0.5, 0.6) is 5.75 Å². The van der Waals surface area contributed by atoms with Gasteiger partial charge >= 0.3 is 0 Å². The van der Waals surface area contributed by atoms with E-state index in [1.165, 1.54) is 25.1 Å². The molecule has 192 valence electrons. The van der Waals surface area contributed by atoms with Crippen LogP contribution in [0, 0.1) is 11.8 Å². The molecule has 0 bridgehead atoms. The fraction of sp³-hybridized carbons (Fsp3) is 0.296. The predicted molar refractivity (Wildman–Crippen MR) is 130 cm³/mol. The Balaban J connectivity index is 1.87. The summed E-state index contributed by atoms with van der Waals surface area (Å²) < 4.78 is 0. The van der Waals surface area contributed by atoms with Gasteiger partial charge in [-0.15, -0.1) is 0 Å². The van der Waals surface area contributed by atoms with Gasteiger partial charge in [0.05, 0.1) is 23.6 Å². The minimum Gasteiger partial charge on any atom is -0.510 e. The summed E-state index contributed by atoms with van der Waals surface area (Å²) in [6.45, 7) is 0. The Bertz CT molecular complexity index is 1410. The molecule has 0 saturated carbocycles. The number of carbonyl (C=O) groups is 3. The minimum atomic E-state index is -2.95. The van der Waals surface area contributed by atoms with Gasteiger partial charge in [0.25, 0.3) is 5.91 Å². The van der Waals surface area contributed by atoms with Crippen molar-refractivity contribution in [2.75, 3.05) is 14.1 Å². The van der Waals surface area contributed by atoms with E-state index >= 15 is 0 Å². The number of aliphatic hydroxyl groups excluding tert-OH is 3. The van der Waals surface area contributed by atoms with Crippen molar-refractivity contribution in [3.63, 3.8) is 0 Å². The Morgan fingerprint density at radius 1 is 1.00 bits per heavy atom. The van der Waals surface area contributed by atoms with E-state index in [2.05, 4.69) is 0 Å². The lowest BCUT2D eigenvalue weighted by Crippen LogP contribution is -2.68. The average molecular weight is 507 g/mol. The molecule has 3 aliphatic rings. The van der Waals surface area contributed by atoms with Gasteiger partial charge in [-0.2, -0.15) is 0 Å². The number of Topliss-reactive ketones (excluding diaryl/α,β-unsaturated/α-hetero) is 2. The van der Waals surface area contributed by atoms with Gasteiger partial charge in [-0.25, -0.2) is 0 Å². The van der Waals surface area contributed by atoms with Gasteiger partial charge in [0.15, 0.2) is 11.4 Å². The standard InChI is InChI=1S/C27H26N2O8/c1-29(2)20-19-22(32)16-14(11-7-4-3-5-8-11)12-9-6-10-13(30)15(12)21(31)17(16)24(34)27(19,37)25(35)18(23(20)33)26(28)36/h3-10,14,16,19-20,22,30,32-34,37H,1-2H3,(H2,28,36)/t14-,16-,19-,20+,22+,27+/m1/s1. The first-order chi connectivity index (χ1) is 17.4. The van der Waals surface area contributed by atoms with Crippen LogP contribution in [-0.2, 0) is 9.59 Å². The van der Waals surface area contributed by atoms with E-state index in [4.69, 9.17) is 5.73 Å². The molecule has 2 aromatic carbocycles. The van der Waals surface area contributed by atoms with E-state index in [1.807, 2.05) is 0 Å². The predicted octanol–water partition coefficient (Wildman–Crippen LogP) is 0.681. The molecule has 0 spiro atoms. The first-order valence-corrected chi connectivity index (χ1v) is 11.6. The molecule has 2 aromatic rings. The highest BCUT2D eigenvalue weighted by Gasteiger charge is 2.67. The minimum absolute atomic E-state index is 0.135. The molecule has 0 fully saturated rings. The second kappa shape index (κ2) is 8.27. The maximum atomic E-state index is 13.7. The molecule has 0 heterocycles. The van der Waals surface area contributed by atoms with E-state index in [1.54, 1.807) is 42.5 Å². The van der Waals surface area contributed by atoms with E-state index in [0.717, 1.165) is 0 Å². The quantitative estimate of drug-likeness (QED) is 0.326. The highest BCUT2D eigenvalue weighted by molar-refractivity contribution is 6.25. The molecule has 1 amide bonds. The molecular formula is C27H26N2O8. The number of rotatable bonds is 3. The van der Waals surface area contributed by atoms with Crippen LogP contribution in [-0.4, -0.2) is 79.7 Å². The van der Waals surface area contributed by atoms with Gasteiger partial charge in [0.2, 0.25) is 5.78 Å². The van der Waals surface area contributed by atoms with Crippen molar-refractivity contribution in [1.82, 2.24) is 4.90 Å². The van der Waals surface area contributed by atoms with Crippen molar-refractivity contribution in [1.29, 1.82) is 0 Å². The molecule has 0 saturated heterocycles. The summed E-state index contributed by atoms with van der Waals surface area (Å²) in [4.78, 5) is 40.7. The summed E-state index contributed by atoms with van der Waals surface area (Å²) in [6.07, 6.45) is -1.67. The fourth-order valence-electron chi connectivity index (χ4n) is 6.33. The maximum absolute atomic E-state index is 13.7. The summed E-state index contributed by atoms with van der Waals surface area (Å²) in [5.74, 6) is -9.33. The molecular weight excluding hydrogens is 480 g/mol. The lowest BCUT2D eigenvalue weighted by atomic mass is 9.54. The van der Waals surface area contributed by atoms with Crippen LogP contribution in [0.25, 0.3) is 0 Å². The lowest BCUT2D eigenvalue weighted by molar-refractivity contribution is -0.162. The topological polar surface area (TPSA) is 182 Å². The smallest absolute Gasteiger partial charge is 0.255 e. The van der Waals surface area contributed by atoms with Crippen molar-refractivity contribution in [3.8, 4) is 5.75 Å². The number of primary amides is 1. The van der Waals surface area contributed by atoms with Gasteiger partial charge in [0.1, 0.15) is 22.8 Å². The van der Waals surface area contributed by atoms with E-state index in [-0.39, 0.29) is 11.3 Å². The molecule has 7 N–H and O–H groups in total. The number of aliphatic hydroxyl groups is 4. The third-order valence-electron chi connectivity index (χ3n) is 7.82. The maximum Gasteiger partial charge on any atom is 0.255 e.